The van der Waals surface area contributed by atoms with Crippen molar-refractivity contribution in [1.82, 2.24) is 0 Å². The van der Waals surface area contributed by atoms with Gasteiger partial charge in [0.2, 0.25) is 0 Å². The summed E-state index contributed by atoms with van der Waals surface area (Å²) in [6, 6.07) is 10.9. The number of halogens is 3. The van der Waals surface area contributed by atoms with Gasteiger partial charge >= 0.3 is 6.36 Å². The molecule has 0 fully saturated rings. The minimum atomic E-state index is -4.72. The van der Waals surface area contributed by atoms with E-state index < -0.39 is 6.36 Å². The van der Waals surface area contributed by atoms with E-state index in [1.165, 1.54) is 24.3 Å². The summed E-state index contributed by atoms with van der Waals surface area (Å²) < 4.78 is 45.4. The van der Waals surface area contributed by atoms with Gasteiger partial charge in [-0.25, -0.2) is 4.99 Å². The first kappa shape index (κ1) is 18.4. The second kappa shape index (κ2) is 7.78. The molecule has 0 aliphatic rings. The predicted molar refractivity (Wildman–Crippen MR) is 89.8 cm³/mol. The van der Waals surface area contributed by atoms with Gasteiger partial charge < -0.3 is 20.5 Å². The van der Waals surface area contributed by atoms with E-state index in [0.29, 0.717) is 12.2 Å². The average Bonchev–Trinajstić information content (AvgIpc) is 2.54. The third kappa shape index (κ3) is 5.91. The van der Waals surface area contributed by atoms with Crippen molar-refractivity contribution in [3.8, 4) is 11.5 Å². The molecular formula is C17H18F3N3O2. The number of anilines is 1. The number of nitrogens with one attached hydrogen (secondary N) is 1. The summed E-state index contributed by atoms with van der Waals surface area (Å²) in [7, 11) is 1.59. The van der Waals surface area contributed by atoms with Crippen LogP contribution in [0, 0.1) is 6.92 Å². The average molecular weight is 353 g/mol. The van der Waals surface area contributed by atoms with Crippen molar-refractivity contribution in [3.05, 3.63) is 53.6 Å². The summed E-state index contributed by atoms with van der Waals surface area (Å²) in [6.45, 7) is 2.28. The fraction of sp³-hybridized carbons (Fsp3) is 0.235. The zero-order valence-electron chi connectivity index (χ0n) is 13.7. The monoisotopic (exact) mass is 353 g/mol. The Labute approximate surface area is 143 Å². The van der Waals surface area contributed by atoms with Crippen LogP contribution in [0.25, 0.3) is 0 Å². The van der Waals surface area contributed by atoms with E-state index in [0.717, 1.165) is 16.9 Å². The van der Waals surface area contributed by atoms with Crippen LogP contribution in [0.1, 0.15) is 11.1 Å². The summed E-state index contributed by atoms with van der Waals surface area (Å²) in [6.07, 6.45) is -4.72. The molecule has 134 valence electrons. The van der Waals surface area contributed by atoms with Gasteiger partial charge in [0.25, 0.3) is 0 Å². The van der Waals surface area contributed by atoms with Crippen LogP contribution >= 0.6 is 0 Å². The lowest BCUT2D eigenvalue weighted by Gasteiger charge is -2.10. The number of aryl methyl sites for hydroxylation is 1. The van der Waals surface area contributed by atoms with Crippen LogP contribution in [-0.2, 0) is 6.54 Å². The van der Waals surface area contributed by atoms with Gasteiger partial charge in [0.05, 0.1) is 13.7 Å². The second-order valence-corrected chi connectivity index (χ2v) is 5.20. The maximum Gasteiger partial charge on any atom is 0.573 e. The lowest BCUT2D eigenvalue weighted by Crippen LogP contribution is -2.22. The number of nitrogens with two attached hydrogens (primary N) is 1. The van der Waals surface area contributed by atoms with Gasteiger partial charge in [-0.2, -0.15) is 0 Å². The maximum absolute atomic E-state index is 12.1. The number of ether oxygens (including phenoxy) is 2. The van der Waals surface area contributed by atoms with Gasteiger partial charge in [-0.15, -0.1) is 13.2 Å². The van der Waals surface area contributed by atoms with Crippen molar-refractivity contribution in [2.45, 2.75) is 19.8 Å². The highest BCUT2D eigenvalue weighted by molar-refractivity contribution is 5.92. The van der Waals surface area contributed by atoms with Crippen molar-refractivity contribution < 1.29 is 22.6 Å². The number of guanidine groups is 1. The van der Waals surface area contributed by atoms with Crippen molar-refractivity contribution in [1.29, 1.82) is 0 Å². The number of hydrogen-bond donors (Lipinski definition) is 2. The molecular weight excluding hydrogens is 335 g/mol. The number of methoxy groups -OCH3 is 1. The third-order valence-electron chi connectivity index (χ3n) is 3.26. The first-order valence-corrected chi connectivity index (χ1v) is 7.33. The van der Waals surface area contributed by atoms with Crippen LogP contribution in [0.15, 0.2) is 47.5 Å². The minimum absolute atomic E-state index is 0.143. The smallest absolute Gasteiger partial charge is 0.496 e. The molecule has 5 nitrogen and oxygen atoms in total. The fourth-order valence-electron chi connectivity index (χ4n) is 2.07. The molecule has 2 rings (SSSR count). The van der Waals surface area contributed by atoms with Crippen LogP contribution in [0.2, 0.25) is 0 Å². The molecule has 2 aromatic rings. The highest BCUT2D eigenvalue weighted by atomic mass is 19.4. The molecule has 0 amide bonds. The SMILES string of the molecule is COc1cc(CN=C(N)Nc2ccc(OC(F)(F)F)cc2)ccc1C. The molecule has 0 saturated carbocycles. The van der Waals surface area contributed by atoms with E-state index in [9.17, 15) is 13.2 Å². The Morgan fingerprint density at radius 2 is 1.84 bits per heavy atom. The molecule has 0 spiro atoms. The highest BCUT2D eigenvalue weighted by Crippen LogP contribution is 2.24. The van der Waals surface area contributed by atoms with E-state index >= 15 is 0 Å². The fourth-order valence-corrected chi connectivity index (χ4v) is 2.07. The number of hydrogen-bond acceptors (Lipinski definition) is 3. The summed E-state index contributed by atoms with van der Waals surface area (Å²) >= 11 is 0. The topological polar surface area (TPSA) is 68.9 Å². The molecule has 8 heteroatoms. The van der Waals surface area contributed by atoms with Gasteiger partial charge in [-0.1, -0.05) is 12.1 Å². The van der Waals surface area contributed by atoms with Gasteiger partial charge in [0.15, 0.2) is 5.96 Å². The zero-order chi connectivity index (χ0) is 18.4. The normalized spacial score (nSPS) is 12.0. The van der Waals surface area contributed by atoms with E-state index in [4.69, 9.17) is 10.5 Å². The highest BCUT2D eigenvalue weighted by Gasteiger charge is 2.30. The Hall–Kier alpha value is -2.90. The van der Waals surface area contributed by atoms with Crippen LogP contribution in [0.4, 0.5) is 18.9 Å². The van der Waals surface area contributed by atoms with E-state index in [1.54, 1.807) is 7.11 Å². The maximum atomic E-state index is 12.1. The molecule has 0 aliphatic carbocycles. The van der Waals surface area contributed by atoms with Crippen LogP contribution < -0.4 is 20.5 Å². The lowest BCUT2D eigenvalue weighted by molar-refractivity contribution is -0.274. The second-order valence-electron chi connectivity index (χ2n) is 5.20. The Morgan fingerprint density at radius 1 is 1.16 bits per heavy atom. The lowest BCUT2D eigenvalue weighted by atomic mass is 10.1. The van der Waals surface area contributed by atoms with E-state index in [2.05, 4.69) is 15.0 Å². The van der Waals surface area contributed by atoms with Crippen LogP contribution in [-0.4, -0.2) is 19.4 Å². The van der Waals surface area contributed by atoms with Gasteiger partial charge in [-0.3, -0.25) is 0 Å². The molecule has 0 radical (unpaired) electrons. The number of alkyl halides is 3. The van der Waals surface area contributed by atoms with E-state index in [1.807, 2.05) is 25.1 Å². The molecule has 25 heavy (non-hydrogen) atoms. The summed E-state index contributed by atoms with van der Waals surface area (Å²) in [4.78, 5) is 4.19. The summed E-state index contributed by atoms with van der Waals surface area (Å²) in [5.74, 6) is 0.601. The van der Waals surface area contributed by atoms with Crippen molar-refractivity contribution >= 4 is 11.6 Å². The summed E-state index contributed by atoms with van der Waals surface area (Å²) in [5, 5.41) is 2.80. The first-order chi connectivity index (χ1) is 11.8. The van der Waals surface area contributed by atoms with Crippen LogP contribution in [0.3, 0.4) is 0 Å². The Balaban J connectivity index is 1.97. The van der Waals surface area contributed by atoms with Gasteiger partial charge in [-0.05, 0) is 48.4 Å². The number of nitrogens with zero attached hydrogens (tertiary/aromatic N) is 1. The number of benzene rings is 2. The first-order valence-electron chi connectivity index (χ1n) is 7.33. The minimum Gasteiger partial charge on any atom is -0.496 e. The molecule has 0 atom stereocenters. The van der Waals surface area contributed by atoms with Crippen molar-refractivity contribution in [2.24, 2.45) is 10.7 Å². The number of rotatable bonds is 5. The Bertz CT molecular complexity index is 744. The van der Waals surface area contributed by atoms with Crippen molar-refractivity contribution in [3.63, 3.8) is 0 Å². The number of aliphatic imine (C=N–C) groups is 1. The largest absolute Gasteiger partial charge is 0.573 e. The van der Waals surface area contributed by atoms with Gasteiger partial charge in [0.1, 0.15) is 11.5 Å². The molecule has 3 N–H and O–H groups in total. The van der Waals surface area contributed by atoms with Crippen LogP contribution in [0.5, 0.6) is 11.5 Å². The zero-order valence-corrected chi connectivity index (χ0v) is 13.7. The molecule has 0 unspecified atom stereocenters. The Kier molecular flexibility index (Phi) is 5.74. The van der Waals surface area contributed by atoms with Gasteiger partial charge in [0, 0.05) is 5.69 Å². The standard InChI is InChI=1S/C17H18F3N3O2/c1-11-3-4-12(9-15(11)24-2)10-22-16(21)23-13-5-7-14(8-6-13)25-17(18,19)20/h3-9H,10H2,1-2H3,(H3,21,22,23). The quantitative estimate of drug-likeness (QED) is 0.633. The van der Waals surface area contributed by atoms with Crippen molar-refractivity contribution in [2.75, 3.05) is 12.4 Å². The molecule has 0 aromatic heterocycles. The molecule has 0 aliphatic heterocycles. The molecule has 0 saturated heterocycles. The molecule has 2 aromatic carbocycles. The molecule has 0 heterocycles. The predicted octanol–water partition coefficient (Wildman–Crippen LogP) is 3.83. The van der Waals surface area contributed by atoms with E-state index in [-0.39, 0.29) is 11.7 Å². The molecule has 0 bridgehead atoms. The third-order valence-corrected chi connectivity index (χ3v) is 3.26. The summed E-state index contributed by atoms with van der Waals surface area (Å²) in [5.41, 5.74) is 8.22. The Morgan fingerprint density at radius 3 is 2.44 bits per heavy atom.